The molecular formula is C18H30N4O2S. The standard InChI is InChI=1S/C18H30N4O2S/c1-13(2)15-6-8-16(9-7-15)22-18(20-3)21-12-14-4-10-17(11-5-14)25(19,23)24/h4-5,10-11,13,15-16H,6-9,12H2,1-3H3,(H2,19,23,24)(H2,20,21,22). The molecule has 4 N–H and O–H groups in total. The normalized spacial score (nSPS) is 22.0. The van der Waals surface area contributed by atoms with E-state index < -0.39 is 10.0 Å². The molecule has 0 heterocycles. The van der Waals surface area contributed by atoms with Crippen LogP contribution in [0.25, 0.3) is 0 Å². The van der Waals surface area contributed by atoms with Gasteiger partial charge in [-0.3, -0.25) is 4.99 Å². The van der Waals surface area contributed by atoms with Gasteiger partial charge in [0.1, 0.15) is 0 Å². The number of hydrogen-bond acceptors (Lipinski definition) is 3. The Morgan fingerprint density at radius 3 is 2.28 bits per heavy atom. The summed E-state index contributed by atoms with van der Waals surface area (Å²) in [7, 11) is -1.88. The van der Waals surface area contributed by atoms with Crippen LogP contribution in [0.15, 0.2) is 34.2 Å². The van der Waals surface area contributed by atoms with Crippen molar-refractivity contribution in [2.45, 2.75) is 57.0 Å². The molecular weight excluding hydrogens is 336 g/mol. The highest BCUT2D eigenvalue weighted by atomic mass is 32.2. The van der Waals surface area contributed by atoms with Crippen molar-refractivity contribution in [2.24, 2.45) is 22.0 Å². The Hall–Kier alpha value is -1.60. The summed E-state index contributed by atoms with van der Waals surface area (Å²) in [5.74, 6) is 2.38. The van der Waals surface area contributed by atoms with Gasteiger partial charge in [0.15, 0.2) is 5.96 Å². The van der Waals surface area contributed by atoms with Gasteiger partial charge in [0.05, 0.1) is 4.90 Å². The predicted octanol–water partition coefficient (Wildman–Crippen LogP) is 2.21. The van der Waals surface area contributed by atoms with Crippen LogP contribution in [0.3, 0.4) is 0 Å². The number of sulfonamides is 1. The molecule has 7 heteroatoms. The second-order valence-electron chi connectivity index (χ2n) is 7.11. The van der Waals surface area contributed by atoms with E-state index in [4.69, 9.17) is 5.14 Å². The lowest BCUT2D eigenvalue weighted by Gasteiger charge is -2.32. The van der Waals surface area contributed by atoms with E-state index in [0.29, 0.717) is 12.6 Å². The zero-order chi connectivity index (χ0) is 18.4. The van der Waals surface area contributed by atoms with Gasteiger partial charge in [-0.15, -0.1) is 0 Å². The van der Waals surface area contributed by atoms with Gasteiger partial charge in [-0.05, 0) is 55.2 Å². The molecule has 0 aliphatic heterocycles. The zero-order valence-electron chi connectivity index (χ0n) is 15.3. The highest BCUT2D eigenvalue weighted by Gasteiger charge is 2.23. The van der Waals surface area contributed by atoms with E-state index in [1.54, 1.807) is 19.2 Å². The minimum Gasteiger partial charge on any atom is -0.354 e. The van der Waals surface area contributed by atoms with Crippen LogP contribution in [0.5, 0.6) is 0 Å². The van der Waals surface area contributed by atoms with E-state index in [-0.39, 0.29) is 4.90 Å². The van der Waals surface area contributed by atoms with Gasteiger partial charge in [-0.25, -0.2) is 13.6 Å². The molecule has 1 aromatic rings. The Labute approximate surface area is 151 Å². The second-order valence-corrected chi connectivity index (χ2v) is 8.68. The Bertz CT molecular complexity index is 676. The van der Waals surface area contributed by atoms with Gasteiger partial charge < -0.3 is 10.6 Å². The van der Waals surface area contributed by atoms with Crippen LogP contribution in [-0.4, -0.2) is 27.5 Å². The molecule has 1 fully saturated rings. The first-order chi connectivity index (χ1) is 11.8. The van der Waals surface area contributed by atoms with Crippen molar-refractivity contribution in [3.05, 3.63) is 29.8 Å². The molecule has 0 atom stereocenters. The quantitative estimate of drug-likeness (QED) is 0.550. The molecule has 0 radical (unpaired) electrons. The average Bonchev–Trinajstić information content (AvgIpc) is 2.58. The molecule has 1 saturated carbocycles. The van der Waals surface area contributed by atoms with Crippen molar-refractivity contribution in [2.75, 3.05) is 7.05 Å². The van der Waals surface area contributed by atoms with Gasteiger partial charge in [0, 0.05) is 19.6 Å². The maximum Gasteiger partial charge on any atom is 0.238 e. The number of guanidine groups is 1. The average molecular weight is 367 g/mol. The molecule has 0 aromatic heterocycles. The minimum atomic E-state index is -3.64. The highest BCUT2D eigenvalue weighted by molar-refractivity contribution is 7.89. The van der Waals surface area contributed by atoms with E-state index in [2.05, 4.69) is 29.5 Å². The van der Waals surface area contributed by atoms with Crippen molar-refractivity contribution >= 4 is 16.0 Å². The van der Waals surface area contributed by atoms with E-state index in [1.807, 2.05) is 0 Å². The molecule has 1 aliphatic carbocycles. The Balaban J connectivity index is 1.83. The van der Waals surface area contributed by atoms with E-state index >= 15 is 0 Å². The molecule has 0 unspecified atom stereocenters. The number of hydrogen-bond donors (Lipinski definition) is 3. The molecule has 1 aliphatic rings. The molecule has 0 amide bonds. The van der Waals surface area contributed by atoms with Crippen molar-refractivity contribution < 1.29 is 8.42 Å². The fourth-order valence-corrected chi connectivity index (χ4v) is 3.82. The monoisotopic (exact) mass is 366 g/mol. The number of nitrogens with two attached hydrogens (primary N) is 1. The van der Waals surface area contributed by atoms with Crippen LogP contribution < -0.4 is 15.8 Å². The summed E-state index contributed by atoms with van der Waals surface area (Å²) < 4.78 is 22.6. The molecule has 2 rings (SSSR count). The smallest absolute Gasteiger partial charge is 0.238 e. The predicted molar refractivity (Wildman–Crippen MR) is 102 cm³/mol. The van der Waals surface area contributed by atoms with E-state index in [9.17, 15) is 8.42 Å². The summed E-state index contributed by atoms with van der Waals surface area (Å²) in [6, 6.07) is 7.03. The lowest BCUT2D eigenvalue weighted by molar-refractivity contribution is 0.250. The lowest BCUT2D eigenvalue weighted by Crippen LogP contribution is -2.44. The highest BCUT2D eigenvalue weighted by Crippen LogP contribution is 2.29. The van der Waals surface area contributed by atoms with Crippen LogP contribution in [0, 0.1) is 11.8 Å². The second kappa shape index (κ2) is 8.67. The molecule has 25 heavy (non-hydrogen) atoms. The first-order valence-corrected chi connectivity index (χ1v) is 10.4. The summed E-state index contributed by atoms with van der Waals surface area (Å²) in [6.07, 6.45) is 4.88. The van der Waals surface area contributed by atoms with Crippen molar-refractivity contribution in [1.82, 2.24) is 10.6 Å². The topological polar surface area (TPSA) is 96.6 Å². The number of primary sulfonamides is 1. The fraction of sp³-hybridized carbons (Fsp3) is 0.611. The summed E-state index contributed by atoms with van der Waals surface area (Å²) in [5.41, 5.74) is 0.971. The molecule has 1 aromatic carbocycles. The third-order valence-electron chi connectivity index (χ3n) is 4.99. The van der Waals surface area contributed by atoms with Gasteiger partial charge in [-0.2, -0.15) is 0 Å². The van der Waals surface area contributed by atoms with Gasteiger partial charge >= 0.3 is 0 Å². The SMILES string of the molecule is CN=C(NCc1ccc(S(N)(=O)=O)cc1)NC1CCC(C(C)C)CC1. The maximum atomic E-state index is 11.3. The lowest BCUT2D eigenvalue weighted by atomic mass is 9.80. The van der Waals surface area contributed by atoms with Crippen LogP contribution in [0.4, 0.5) is 0 Å². The number of rotatable bonds is 5. The first-order valence-electron chi connectivity index (χ1n) is 8.88. The number of aliphatic imine (C=N–C) groups is 1. The number of nitrogens with zero attached hydrogens (tertiary/aromatic N) is 1. The fourth-order valence-electron chi connectivity index (χ4n) is 3.30. The third kappa shape index (κ3) is 6.01. The maximum absolute atomic E-state index is 11.3. The summed E-state index contributed by atoms with van der Waals surface area (Å²) in [5, 5.41) is 11.9. The summed E-state index contributed by atoms with van der Waals surface area (Å²) in [6.45, 7) is 5.19. The summed E-state index contributed by atoms with van der Waals surface area (Å²) in [4.78, 5) is 4.41. The Morgan fingerprint density at radius 2 is 1.80 bits per heavy atom. The zero-order valence-corrected chi connectivity index (χ0v) is 16.1. The Morgan fingerprint density at radius 1 is 1.20 bits per heavy atom. The van der Waals surface area contributed by atoms with Crippen molar-refractivity contribution in [3.63, 3.8) is 0 Å². The van der Waals surface area contributed by atoms with Gasteiger partial charge in [-0.1, -0.05) is 26.0 Å². The molecule has 0 spiro atoms. The molecule has 6 nitrogen and oxygen atoms in total. The van der Waals surface area contributed by atoms with Crippen LogP contribution in [0.2, 0.25) is 0 Å². The number of benzene rings is 1. The Kier molecular flexibility index (Phi) is 6.84. The molecule has 0 saturated heterocycles. The van der Waals surface area contributed by atoms with Crippen molar-refractivity contribution in [3.8, 4) is 0 Å². The summed E-state index contributed by atoms with van der Waals surface area (Å²) >= 11 is 0. The van der Waals surface area contributed by atoms with Crippen LogP contribution >= 0.6 is 0 Å². The largest absolute Gasteiger partial charge is 0.354 e. The third-order valence-corrected chi connectivity index (χ3v) is 5.92. The van der Waals surface area contributed by atoms with Crippen LogP contribution in [-0.2, 0) is 16.6 Å². The van der Waals surface area contributed by atoms with E-state index in [1.165, 1.54) is 37.8 Å². The molecule has 0 bridgehead atoms. The van der Waals surface area contributed by atoms with E-state index in [0.717, 1.165) is 23.4 Å². The number of nitrogens with one attached hydrogen (secondary N) is 2. The first kappa shape index (κ1) is 19.7. The minimum absolute atomic E-state index is 0.126. The van der Waals surface area contributed by atoms with Crippen LogP contribution in [0.1, 0.15) is 45.1 Å². The van der Waals surface area contributed by atoms with Gasteiger partial charge in [0.25, 0.3) is 0 Å². The van der Waals surface area contributed by atoms with Crippen molar-refractivity contribution in [1.29, 1.82) is 0 Å². The van der Waals surface area contributed by atoms with Gasteiger partial charge in [0.2, 0.25) is 10.0 Å². The molecule has 140 valence electrons.